The van der Waals surface area contributed by atoms with E-state index in [-0.39, 0.29) is 0 Å². The molecule has 6 heteroatoms. The molecule has 0 saturated heterocycles. The minimum Gasteiger partial charge on any atom is -0.490 e. The molecule has 0 radical (unpaired) electrons. The zero-order valence-electron chi connectivity index (χ0n) is 13.6. The van der Waals surface area contributed by atoms with Gasteiger partial charge in [-0.25, -0.2) is 4.98 Å². The lowest BCUT2D eigenvalue weighted by Gasteiger charge is -2.10. The second-order valence-corrected chi connectivity index (χ2v) is 7.73. The molecule has 126 valence electrons. The SMILES string of the molecule is COCCOc1cc(-c2nc(Cl)sc2CCC(C)C)ccc1Cl. The van der Waals surface area contributed by atoms with Crippen molar-refractivity contribution in [3.8, 4) is 17.0 Å². The summed E-state index contributed by atoms with van der Waals surface area (Å²) in [6.07, 6.45) is 2.08. The first-order valence-corrected chi connectivity index (χ1v) is 9.15. The molecule has 1 aromatic heterocycles. The highest BCUT2D eigenvalue weighted by Gasteiger charge is 2.14. The predicted octanol–water partition coefficient (Wildman–Crippen LogP) is 5.73. The minimum atomic E-state index is 0.456. The number of nitrogens with zero attached hydrogens (tertiary/aromatic N) is 1. The predicted molar refractivity (Wildman–Crippen MR) is 98.1 cm³/mol. The first-order chi connectivity index (χ1) is 11.0. The van der Waals surface area contributed by atoms with Crippen LogP contribution in [0.4, 0.5) is 0 Å². The van der Waals surface area contributed by atoms with E-state index < -0.39 is 0 Å². The van der Waals surface area contributed by atoms with Crippen molar-refractivity contribution in [2.75, 3.05) is 20.3 Å². The van der Waals surface area contributed by atoms with E-state index in [0.717, 1.165) is 24.1 Å². The molecule has 2 rings (SSSR count). The van der Waals surface area contributed by atoms with E-state index in [2.05, 4.69) is 18.8 Å². The van der Waals surface area contributed by atoms with Gasteiger partial charge in [0, 0.05) is 17.6 Å². The number of ether oxygens (including phenoxy) is 2. The minimum absolute atomic E-state index is 0.456. The lowest BCUT2D eigenvalue weighted by Crippen LogP contribution is -2.04. The zero-order valence-corrected chi connectivity index (χ0v) is 15.9. The molecule has 0 unspecified atom stereocenters. The lowest BCUT2D eigenvalue weighted by molar-refractivity contribution is 0.146. The van der Waals surface area contributed by atoms with Gasteiger partial charge in [-0.15, -0.1) is 11.3 Å². The average Bonchev–Trinajstić information content (AvgIpc) is 2.88. The van der Waals surface area contributed by atoms with Crippen LogP contribution in [0.1, 0.15) is 25.1 Å². The molecule has 1 heterocycles. The van der Waals surface area contributed by atoms with Gasteiger partial charge >= 0.3 is 0 Å². The van der Waals surface area contributed by atoms with Gasteiger partial charge in [0.05, 0.1) is 17.3 Å². The Morgan fingerprint density at radius 1 is 1.22 bits per heavy atom. The maximum atomic E-state index is 6.20. The topological polar surface area (TPSA) is 31.4 Å². The van der Waals surface area contributed by atoms with Crippen molar-refractivity contribution in [3.05, 3.63) is 32.6 Å². The summed E-state index contributed by atoms with van der Waals surface area (Å²) in [6, 6.07) is 5.70. The fourth-order valence-corrected chi connectivity index (χ4v) is 3.49. The summed E-state index contributed by atoms with van der Waals surface area (Å²) in [5, 5.41) is 0.579. The number of hydrogen-bond donors (Lipinski definition) is 0. The van der Waals surface area contributed by atoms with Crippen LogP contribution in [-0.4, -0.2) is 25.3 Å². The maximum Gasteiger partial charge on any atom is 0.184 e. The number of rotatable bonds is 8. The van der Waals surface area contributed by atoms with E-state index in [9.17, 15) is 0 Å². The summed E-state index contributed by atoms with van der Waals surface area (Å²) in [7, 11) is 1.64. The third-order valence-corrected chi connectivity index (χ3v) is 4.90. The summed E-state index contributed by atoms with van der Waals surface area (Å²) in [5.74, 6) is 1.28. The van der Waals surface area contributed by atoms with Crippen LogP contribution in [0.5, 0.6) is 5.75 Å². The van der Waals surface area contributed by atoms with E-state index in [1.807, 2.05) is 18.2 Å². The molecule has 0 aliphatic carbocycles. The molecule has 23 heavy (non-hydrogen) atoms. The Morgan fingerprint density at radius 2 is 2.00 bits per heavy atom. The Hall–Kier alpha value is -0.810. The number of aromatic nitrogens is 1. The molecule has 0 amide bonds. The molecule has 0 spiro atoms. The van der Waals surface area contributed by atoms with Crippen molar-refractivity contribution in [2.45, 2.75) is 26.7 Å². The second kappa shape index (κ2) is 8.88. The third-order valence-electron chi connectivity index (χ3n) is 3.37. The van der Waals surface area contributed by atoms with Gasteiger partial charge in [0.2, 0.25) is 0 Å². The van der Waals surface area contributed by atoms with Crippen LogP contribution >= 0.6 is 34.5 Å². The van der Waals surface area contributed by atoms with Crippen molar-refractivity contribution in [1.29, 1.82) is 0 Å². The Kier molecular flexibility index (Phi) is 7.15. The van der Waals surface area contributed by atoms with Crippen molar-refractivity contribution in [3.63, 3.8) is 0 Å². The summed E-state index contributed by atoms with van der Waals surface area (Å²) in [4.78, 5) is 5.69. The van der Waals surface area contributed by atoms with Crippen molar-refractivity contribution in [1.82, 2.24) is 4.98 Å². The lowest BCUT2D eigenvalue weighted by atomic mass is 10.0. The molecule has 0 fully saturated rings. The second-order valence-electron chi connectivity index (χ2n) is 5.66. The van der Waals surface area contributed by atoms with Crippen LogP contribution in [0.3, 0.4) is 0 Å². The molecular weight excluding hydrogens is 353 g/mol. The Bertz CT molecular complexity index is 644. The molecule has 0 atom stereocenters. The number of hydrogen-bond acceptors (Lipinski definition) is 4. The first-order valence-electron chi connectivity index (χ1n) is 7.58. The molecule has 3 nitrogen and oxygen atoms in total. The van der Waals surface area contributed by atoms with Crippen LogP contribution in [-0.2, 0) is 11.2 Å². The number of methoxy groups -OCH3 is 1. The third kappa shape index (κ3) is 5.35. The highest BCUT2D eigenvalue weighted by atomic mass is 35.5. The maximum absolute atomic E-state index is 6.20. The fraction of sp³-hybridized carbons (Fsp3) is 0.471. The molecule has 0 aliphatic rings. The Morgan fingerprint density at radius 3 is 2.70 bits per heavy atom. The number of benzene rings is 1. The standard InChI is InChI=1S/C17H21Cl2NO2S/c1-11(2)4-7-15-16(20-17(19)23-15)12-5-6-13(18)14(10-12)22-9-8-21-3/h5-6,10-11H,4,7-9H2,1-3H3. The quantitative estimate of drug-likeness (QED) is 0.553. The molecule has 0 saturated carbocycles. The molecule has 1 aromatic carbocycles. The molecule has 0 N–H and O–H groups in total. The van der Waals surface area contributed by atoms with E-state index in [1.165, 1.54) is 4.88 Å². The average molecular weight is 374 g/mol. The van der Waals surface area contributed by atoms with Crippen molar-refractivity contribution >= 4 is 34.5 Å². The number of thiazole rings is 1. The fourth-order valence-electron chi connectivity index (χ4n) is 2.13. The zero-order chi connectivity index (χ0) is 16.8. The van der Waals surface area contributed by atoms with E-state index >= 15 is 0 Å². The van der Waals surface area contributed by atoms with Crippen LogP contribution in [0.25, 0.3) is 11.3 Å². The van der Waals surface area contributed by atoms with Gasteiger partial charge in [0.15, 0.2) is 4.47 Å². The summed E-state index contributed by atoms with van der Waals surface area (Å²) in [5.41, 5.74) is 1.90. The molecular formula is C17H21Cl2NO2S. The van der Waals surface area contributed by atoms with E-state index in [0.29, 0.717) is 34.4 Å². The van der Waals surface area contributed by atoms with E-state index in [1.54, 1.807) is 18.4 Å². The smallest absolute Gasteiger partial charge is 0.184 e. The summed E-state index contributed by atoms with van der Waals surface area (Å²) in [6.45, 7) is 5.40. The Labute approximate surface area is 151 Å². The number of halogens is 2. The summed E-state index contributed by atoms with van der Waals surface area (Å²) < 4.78 is 11.2. The van der Waals surface area contributed by atoms with Crippen LogP contribution in [0.2, 0.25) is 9.49 Å². The molecule has 0 aliphatic heterocycles. The summed E-state index contributed by atoms with van der Waals surface area (Å²) >= 11 is 13.9. The van der Waals surface area contributed by atoms with Gasteiger partial charge in [-0.3, -0.25) is 0 Å². The van der Waals surface area contributed by atoms with Crippen LogP contribution in [0.15, 0.2) is 18.2 Å². The largest absolute Gasteiger partial charge is 0.490 e. The normalized spacial score (nSPS) is 11.2. The highest BCUT2D eigenvalue weighted by molar-refractivity contribution is 7.16. The molecule has 0 bridgehead atoms. The first kappa shape index (κ1) is 18.5. The van der Waals surface area contributed by atoms with Crippen molar-refractivity contribution in [2.24, 2.45) is 5.92 Å². The van der Waals surface area contributed by atoms with Gasteiger partial charge in [-0.1, -0.05) is 43.1 Å². The van der Waals surface area contributed by atoms with Crippen molar-refractivity contribution < 1.29 is 9.47 Å². The Balaban J connectivity index is 2.25. The van der Waals surface area contributed by atoms with Crippen LogP contribution in [0, 0.1) is 5.92 Å². The van der Waals surface area contributed by atoms with E-state index in [4.69, 9.17) is 32.7 Å². The van der Waals surface area contributed by atoms with Gasteiger partial charge < -0.3 is 9.47 Å². The number of aryl methyl sites for hydroxylation is 1. The highest BCUT2D eigenvalue weighted by Crippen LogP contribution is 2.36. The van der Waals surface area contributed by atoms with Gasteiger partial charge in [0.25, 0.3) is 0 Å². The van der Waals surface area contributed by atoms with Gasteiger partial charge in [-0.05, 0) is 30.9 Å². The van der Waals surface area contributed by atoms with Gasteiger partial charge in [0.1, 0.15) is 12.4 Å². The monoisotopic (exact) mass is 373 g/mol. The molecule has 2 aromatic rings. The van der Waals surface area contributed by atoms with Gasteiger partial charge in [-0.2, -0.15) is 0 Å². The van der Waals surface area contributed by atoms with Crippen LogP contribution < -0.4 is 4.74 Å².